The Morgan fingerprint density at radius 3 is 2.53 bits per heavy atom. The molecule has 1 heterocycles. The number of rotatable bonds is 3. The van der Waals surface area contributed by atoms with Crippen LogP contribution in [0.5, 0.6) is 0 Å². The third-order valence-electron chi connectivity index (χ3n) is 2.32. The molecule has 0 aliphatic carbocycles. The van der Waals surface area contributed by atoms with Crippen LogP contribution in [0.25, 0.3) is 0 Å². The van der Waals surface area contributed by atoms with Crippen LogP contribution in [0.3, 0.4) is 0 Å². The summed E-state index contributed by atoms with van der Waals surface area (Å²) in [5.74, 6) is 0. The maximum atomic E-state index is 12.1. The lowest BCUT2D eigenvalue weighted by Crippen LogP contribution is -2.14. The van der Waals surface area contributed by atoms with E-state index in [4.69, 9.17) is 5.73 Å². The van der Waals surface area contributed by atoms with Gasteiger partial charge in [0.2, 0.25) is 5.13 Å². The summed E-state index contributed by atoms with van der Waals surface area (Å²) in [4.78, 5) is 0. The van der Waals surface area contributed by atoms with Gasteiger partial charge in [0.1, 0.15) is 0 Å². The second-order valence-electron chi connectivity index (χ2n) is 3.95. The first-order valence-electron chi connectivity index (χ1n) is 5.18. The van der Waals surface area contributed by atoms with Crippen LogP contribution in [0.4, 0.5) is 10.8 Å². The highest BCUT2D eigenvalue weighted by Crippen LogP contribution is 2.30. The minimum atomic E-state index is -3.77. The fourth-order valence-corrected chi connectivity index (χ4v) is 4.39. The lowest BCUT2D eigenvalue weighted by Gasteiger charge is -2.11. The van der Waals surface area contributed by atoms with Crippen molar-refractivity contribution in [2.24, 2.45) is 0 Å². The second-order valence-corrected chi connectivity index (χ2v) is 7.67. The maximum absolute atomic E-state index is 12.1. The van der Waals surface area contributed by atoms with Gasteiger partial charge in [-0.25, -0.2) is 0 Å². The normalized spacial score (nSPS) is 11.5. The highest BCUT2D eigenvalue weighted by atomic mass is 79.9. The number of aromatic nitrogens is 2. The number of hydrogen-bond acceptors (Lipinski definition) is 6. The molecule has 9 heteroatoms. The van der Waals surface area contributed by atoms with E-state index < -0.39 is 10.0 Å². The van der Waals surface area contributed by atoms with Gasteiger partial charge in [0.15, 0.2) is 0 Å². The van der Waals surface area contributed by atoms with Gasteiger partial charge in [0.05, 0.1) is 5.69 Å². The fraction of sp³-hybridized carbons (Fsp3) is 0.200. The van der Waals surface area contributed by atoms with Crippen molar-refractivity contribution in [3.8, 4) is 0 Å². The number of aryl methyl sites for hydroxylation is 2. The summed E-state index contributed by atoms with van der Waals surface area (Å²) in [6.45, 7) is 3.76. The molecule has 2 aromatic rings. The van der Waals surface area contributed by atoms with Crippen molar-refractivity contribution in [2.45, 2.75) is 18.2 Å². The second kappa shape index (κ2) is 5.06. The molecular weight excluding hydrogens is 352 g/mol. The summed E-state index contributed by atoms with van der Waals surface area (Å²) >= 11 is 4.16. The first-order valence-corrected chi connectivity index (χ1v) is 8.27. The Balaban J connectivity index is 2.41. The van der Waals surface area contributed by atoms with Gasteiger partial charge >= 0.3 is 0 Å². The van der Waals surface area contributed by atoms with E-state index in [2.05, 4.69) is 30.8 Å². The summed E-state index contributed by atoms with van der Waals surface area (Å²) in [5, 5.41) is 7.15. The van der Waals surface area contributed by atoms with Crippen LogP contribution >= 0.6 is 27.3 Å². The van der Waals surface area contributed by atoms with E-state index in [-0.39, 0.29) is 9.47 Å². The Morgan fingerprint density at radius 2 is 2.00 bits per heavy atom. The van der Waals surface area contributed by atoms with Crippen molar-refractivity contribution >= 4 is 48.1 Å². The van der Waals surface area contributed by atoms with E-state index in [1.165, 1.54) is 0 Å². The monoisotopic (exact) mass is 362 g/mol. The zero-order valence-electron chi connectivity index (χ0n) is 10.1. The molecule has 0 amide bonds. The molecule has 0 aliphatic rings. The Kier molecular flexibility index (Phi) is 3.79. The summed E-state index contributed by atoms with van der Waals surface area (Å²) in [6.07, 6.45) is 0. The zero-order chi connectivity index (χ0) is 14.2. The molecule has 6 nitrogen and oxygen atoms in total. The summed E-state index contributed by atoms with van der Waals surface area (Å²) in [6, 6.07) is 3.72. The Bertz CT molecular complexity index is 704. The molecule has 0 unspecified atom stereocenters. The van der Waals surface area contributed by atoms with Gasteiger partial charge in [0.25, 0.3) is 14.4 Å². The van der Waals surface area contributed by atoms with Crippen molar-refractivity contribution < 1.29 is 8.42 Å². The molecule has 0 spiro atoms. The zero-order valence-corrected chi connectivity index (χ0v) is 13.4. The number of benzene rings is 1. The molecule has 3 N–H and O–H groups in total. The SMILES string of the molecule is Cc1cc(C)c(NS(=O)(=O)c2nnc(N)s2)c(Br)c1. The molecule has 0 bridgehead atoms. The quantitative estimate of drug-likeness (QED) is 0.872. The smallest absolute Gasteiger partial charge is 0.291 e. The highest BCUT2D eigenvalue weighted by Gasteiger charge is 2.21. The largest absolute Gasteiger partial charge is 0.374 e. The number of anilines is 2. The molecule has 0 saturated carbocycles. The molecule has 0 radical (unpaired) electrons. The predicted molar refractivity (Wildman–Crippen MR) is 78.7 cm³/mol. The van der Waals surface area contributed by atoms with E-state index in [0.717, 1.165) is 22.5 Å². The van der Waals surface area contributed by atoms with Crippen LogP contribution in [0.15, 0.2) is 20.9 Å². The number of hydrogen-bond donors (Lipinski definition) is 2. The lowest BCUT2D eigenvalue weighted by atomic mass is 10.1. The van der Waals surface area contributed by atoms with Gasteiger partial charge in [-0.2, -0.15) is 8.42 Å². The maximum Gasteiger partial charge on any atom is 0.291 e. The molecule has 0 atom stereocenters. The van der Waals surface area contributed by atoms with Gasteiger partial charge in [-0.05, 0) is 47.0 Å². The van der Waals surface area contributed by atoms with Crippen molar-refractivity contribution in [3.05, 3.63) is 27.7 Å². The Labute approximate surface area is 123 Å². The van der Waals surface area contributed by atoms with Crippen molar-refractivity contribution in [1.29, 1.82) is 0 Å². The average Bonchev–Trinajstić information content (AvgIpc) is 2.71. The van der Waals surface area contributed by atoms with E-state index >= 15 is 0 Å². The van der Waals surface area contributed by atoms with Gasteiger partial charge in [-0.1, -0.05) is 17.4 Å². The molecular formula is C10H11BrN4O2S2. The van der Waals surface area contributed by atoms with Gasteiger partial charge in [0, 0.05) is 4.47 Å². The van der Waals surface area contributed by atoms with Crippen LogP contribution in [-0.2, 0) is 10.0 Å². The minimum Gasteiger partial charge on any atom is -0.374 e. The molecule has 1 aromatic carbocycles. The molecule has 0 saturated heterocycles. The molecule has 1 aromatic heterocycles. The number of nitrogens with one attached hydrogen (secondary N) is 1. The highest BCUT2D eigenvalue weighted by molar-refractivity contribution is 9.10. The topological polar surface area (TPSA) is 98.0 Å². The first kappa shape index (κ1) is 14.2. The Morgan fingerprint density at radius 1 is 1.32 bits per heavy atom. The fourth-order valence-electron chi connectivity index (χ4n) is 1.55. The summed E-state index contributed by atoms with van der Waals surface area (Å²) in [7, 11) is -3.77. The van der Waals surface area contributed by atoms with E-state index in [1.807, 2.05) is 26.0 Å². The molecule has 19 heavy (non-hydrogen) atoms. The number of nitrogen functional groups attached to an aromatic ring is 1. The third kappa shape index (κ3) is 3.04. The molecule has 0 fully saturated rings. The average molecular weight is 363 g/mol. The number of nitrogens with two attached hydrogens (primary N) is 1. The lowest BCUT2D eigenvalue weighted by molar-refractivity contribution is 0.599. The standard InChI is InChI=1S/C10H11BrN4O2S2/c1-5-3-6(2)8(7(11)4-5)15-19(16,17)10-14-13-9(12)18-10/h3-4,15H,1-2H3,(H2,12,13). The van der Waals surface area contributed by atoms with E-state index in [1.54, 1.807) is 0 Å². The minimum absolute atomic E-state index is 0.111. The van der Waals surface area contributed by atoms with Gasteiger partial charge < -0.3 is 5.73 Å². The number of halogens is 1. The Hall–Kier alpha value is -1.19. The van der Waals surface area contributed by atoms with Gasteiger partial charge in [-0.3, -0.25) is 4.72 Å². The number of nitrogens with zero attached hydrogens (tertiary/aromatic N) is 2. The van der Waals surface area contributed by atoms with Crippen LogP contribution in [0.1, 0.15) is 11.1 Å². The first-order chi connectivity index (χ1) is 8.79. The summed E-state index contributed by atoms with van der Waals surface area (Å²) in [5.41, 5.74) is 7.72. The molecule has 0 aliphatic heterocycles. The van der Waals surface area contributed by atoms with Crippen molar-refractivity contribution in [1.82, 2.24) is 10.2 Å². The summed E-state index contributed by atoms with van der Waals surface area (Å²) < 4.78 is 27.3. The van der Waals surface area contributed by atoms with E-state index in [9.17, 15) is 8.42 Å². The van der Waals surface area contributed by atoms with Crippen LogP contribution < -0.4 is 10.5 Å². The van der Waals surface area contributed by atoms with Crippen LogP contribution in [0, 0.1) is 13.8 Å². The number of sulfonamides is 1. The van der Waals surface area contributed by atoms with Gasteiger partial charge in [-0.15, -0.1) is 10.2 Å². The van der Waals surface area contributed by atoms with Crippen LogP contribution in [0.2, 0.25) is 0 Å². The van der Waals surface area contributed by atoms with Crippen LogP contribution in [-0.4, -0.2) is 18.6 Å². The van der Waals surface area contributed by atoms with Crippen molar-refractivity contribution in [3.63, 3.8) is 0 Å². The molecule has 2 rings (SSSR count). The third-order valence-corrected chi connectivity index (χ3v) is 5.42. The molecule has 102 valence electrons. The van der Waals surface area contributed by atoms with E-state index in [0.29, 0.717) is 10.2 Å². The predicted octanol–water partition coefficient (Wildman–Crippen LogP) is 2.30. The van der Waals surface area contributed by atoms with Crippen molar-refractivity contribution in [2.75, 3.05) is 10.5 Å².